The topological polar surface area (TPSA) is 95.1 Å². The number of benzene rings is 1. The Kier molecular flexibility index (Phi) is 10.3. The van der Waals surface area contributed by atoms with Crippen LogP contribution in [0.5, 0.6) is 0 Å². The van der Waals surface area contributed by atoms with E-state index >= 15 is 0 Å². The first kappa shape index (κ1) is 25.9. The van der Waals surface area contributed by atoms with Crippen LogP contribution in [0.1, 0.15) is 34.1 Å². The number of rotatable bonds is 5. The minimum absolute atomic E-state index is 0. The first-order chi connectivity index (χ1) is 13.7. The fourth-order valence-corrected chi connectivity index (χ4v) is 2.85. The molecule has 0 saturated carbocycles. The molecule has 2 rings (SSSR count). The third-order valence-corrected chi connectivity index (χ3v) is 4.04. The molecule has 1 saturated heterocycles. The number of anilines is 1. The minimum Gasteiger partial charge on any atom is -0.444 e. The van der Waals surface area contributed by atoms with Crippen LogP contribution in [0.4, 0.5) is 14.9 Å². The Balaban J connectivity index is 0.00000450. The van der Waals surface area contributed by atoms with Crippen LogP contribution in [0, 0.1) is 5.82 Å². The largest absolute Gasteiger partial charge is 0.444 e. The van der Waals surface area contributed by atoms with E-state index in [9.17, 15) is 14.0 Å². The molecule has 1 heterocycles. The van der Waals surface area contributed by atoms with Crippen molar-refractivity contribution >= 4 is 47.6 Å². The molecule has 1 aliphatic rings. The van der Waals surface area contributed by atoms with Gasteiger partial charge < -0.3 is 25.6 Å². The van der Waals surface area contributed by atoms with E-state index in [0.29, 0.717) is 31.3 Å². The SMILES string of the molecule is CCNC(=NCC(=O)Nc1ccc(F)cc1)N1CCC(NC(=O)OC(C)(C)C)C1.I. The molecule has 1 atom stereocenters. The number of hydrogen-bond donors (Lipinski definition) is 3. The van der Waals surface area contributed by atoms with Crippen molar-refractivity contribution in [3.05, 3.63) is 30.1 Å². The molecular weight excluding hydrogens is 504 g/mol. The number of ether oxygens (including phenoxy) is 1. The monoisotopic (exact) mass is 535 g/mol. The van der Waals surface area contributed by atoms with Crippen molar-refractivity contribution in [3.63, 3.8) is 0 Å². The van der Waals surface area contributed by atoms with Gasteiger partial charge in [-0.1, -0.05) is 0 Å². The summed E-state index contributed by atoms with van der Waals surface area (Å²) in [6, 6.07) is 5.50. The highest BCUT2D eigenvalue weighted by molar-refractivity contribution is 14.0. The van der Waals surface area contributed by atoms with E-state index in [2.05, 4.69) is 20.9 Å². The number of guanidine groups is 1. The van der Waals surface area contributed by atoms with Crippen LogP contribution in [0.3, 0.4) is 0 Å². The average Bonchev–Trinajstić information content (AvgIpc) is 3.07. The Labute approximate surface area is 194 Å². The van der Waals surface area contributed by atoms with Crippen LogP contribution >= 0.6 is 24.0 Å². The van der Waals surface area contributed by atoms with Gasteiger partial charge in [-0.05, 0) is 58.4 Å². The number of alkyl carbamates (subject to hydrolysis) is 1. The lowest BCUT2D eigenvalue weighted by molar-refractivity contribution is -0.114. The number of amides is 2. The van der Waals surface area contributed by atoms with Crippen molar-refractivity contribution in [1.82, 2.24) is 15.5 Å². The van der Waals surface area contributed by atoms with Gasteiger partial charge in [0, 0.05) is 25.3 Å². The van der Waals surface area contributed by atoms with Gasteiger partial charge in [0.1, 0.15) is 18.0 Å². The summed E-state index contributed by atoms with van der Waals surface area (Å²) >= 11 is 0. The van der Waals surface area contributed by atoms with E-state index in [1.165, 1.54) is 24.3 Å². The summed E-state index contributed by atoms with van der Waals surface area (Å²) in [4.78, 5) is 30.5. The Bertz CT molecular complexity index is 737. The van der Waals surface area contributed by atoms with Gasteiger partial charge in [-0.3, -0.25) is 4.79 Å². The Morgan fingerprint density at radius 3 is 2.53 bits per heavy atom. The Morgan fingerprint density at radius 1 is 1.27 bits per heavy atom. The third-order valence-electron chi connectivity index (χ3n) is 4.04. The summed E-state index contributed by atoms with van der Waals surface area (Å²) in [5, 5.41) is 8.72. The molecule has 2 amide bonds. The Hall–Kier alpha value is -2.11. The summed E-state index contributed by atoms with van der Waals surface area (Å²) in [5.74, 6) is -0.0519. The van der Waals surface area contributed by atoms with Gasteiger partial charge >= 0.3 is 6.09 Å². The number of carbonyl (C=O) groups excluding carboxylic acids is 2. The van der Waals surface area contributed by atoms with Crippen LogP contribution in [0.25, 0.3) is 0 Å². The lowest BCUT2D eigenvalue weighted by Crippen LogP contribution is -2.44. The number of nitrogens with one attached hydrogen (secondary N) is 3. The van der Waals surface area contributed by atoms with Crippen LogP contribution in [0.15, 0.2) is 29.3 Å². The molecule has 1 unspecified atom stereocenters. The number of hydrogen-bond acceptors (Lipinski definition) is 4. The second kappa shape index (κ2) is 11.9. The highest BCUT2D eigenvalue weighted by atomic mass is 127. The average molecular weight is 535 g/mol. The maximum Gasteiger partial charge on any atom is 0.407 e. The number of halogens is 2. The van der Waals surface area contributed by atoms with E-state index in [1.54, 1.807) is 0 Å². The summed E-state index contributed by atoms with van der Waals surface area (Å²) < 4.78 is 18.2. The maximum atomic E-state index is 12.9. The highest BCUT2D eigenvalue weighted by Crippen LogP contribution is 2.12. The van der Waals surface area contributed by atoms with E-state index in [0.717, 1.165) is 6.42 Å². The summed E-state index contributed by atoms with van der Waals surface area (Å²) in [7, 11) is 0. The van der Waals surface area contributed by atoms with Gasteiger partial charge in [0.15, 0.2) is 5.96 Å². The van der Waals surface area contributed by atoms with Gasteiger partial charge in [0.25, 0.3) is 0 Å². The molecule has 168 valence electrons. The standard InChI is InChI=1S/C20H30FN5O3.HI/c1-5-22-18(23-12-17(27)24-15-8-6-14(21)7-9-15)26-11-10-16(13-26)25-19(28)29-20(2,3)4;/h6-9,16H,5,10-13H2,1-4H3,(H,22,23)(H,24,27)(H,25,28);1H. The molecule has 30 heavy (non-hydrogen) atoms. The van der Waals surface area contributed by atoms with Gasteiger partial charge in [-0.25, -0.2) is 14.2 Å². The number of aliphatic imine (C=N–C) groups is 1. The Morgan fingerprint density at radius 2 is 1.93 bits per heavy atom. The lowest BCUT2D eigenvalue weighted by Gasteiger charge is -2.23. The highest BCUT2D eigenvalue weighted by Gasteiger charge is 2.27. The predicted molar refractivity (Wildman–Crippen MR) is 126 cm³/mol. The van der Waals surface area contributed by atoms with Gasteiger partial charge in [0.2, 0.25) is 5.91 Å². The van der Waals surface area contributed by atoms with Gasteiger partial charge in [-0.15, -0.1) is 24.0 Å². The van der Waals surface area contributed by atoms with E-state index < -0.39 is 11.7 Å². The van der Waals surface area contributed by atoms with Crippen molar-refractivity contribution in [2.24, 2.45) is 4.99 Å². The number of carbonyl (C=O) groups is 2. The number of nitrogens with zero attached hydrogens (tertiary/aromatic N) is 2. The van der Waals surface area contributed by atoms with Crippen LogP contribution in [0.2, 0.25) is 0 Å². The van der Waals surface area contributed by atoms with Crippen molar-refractivity contribution < 1.29 is 18.7 Å². The zero-order valence-electron chi connectivity index (χ0n) is 17.8. The fraction of sp³-hybridized carbons (Fsp3) is 0.550. The molecule has 1 aromatic carbocycles. The quantitative estimate of drug-likeness (QED) is 0.306. The molecular formula is C20H31FIN5O3. The van der Waals surface area contributed by atoms with E-state index in [4.69, 9.17) is 4.74 Å². The maximum absolute atomic E-state index is 12.9. The molecule has 1 aliphatic heterocycles. The molecule has 0 bridgehead atoms. The lowest BCUT2D eigenvalue weighted by atomic mass is 10.2. The van der Waals surface area contributed by atoms with Gasteiger partial charge in [0.05, 0.1) is 6.04 Å². The molecule has 3 N–H and O–H groups in total. The van der Waals surface area contributed by atoms with E-state index in [-0.39, 0.29) is 48.3 Å². The molecule has 1 fully saturated rings. The molecule has 0 aromatic heterocycles. The van der Waals surface area contributed by atoms with Crippen LogP contribution in [-0.4, -0.2) is 60.7 Å². The number of likely N-dealkylation sites (tertiary alicyclic amines) is 1. The summed E-state index contributed by atoms with van der Waals surface area (Å²) in [6.07, 6.45) is 0.316. The first-order valence-electron chi connectivity index (χ1n) is 9.74. The molecule has 1 aromatic rings. The van der Waals surface area contributed by atoms with Crippen LogP contribution in [-0.2, 0) is 9.53 Å². The molecule has 0 radical (unpaired) electrons. The second-order valence-electron chi connectivity index (χ2n) is 7.80. The molecule has 8 nitrogen and oxygen atoms in total. The van der Waals surface area contributed by atoms with Crippen molar-refractivity contribution in [1.29, 1.82) is 0 Å². The smallest absolute Gasteiger partial charge is 0.407 e. The van der Waals surface area contributed by atoms with Gasteiger partial charge in [-0.2, -0.15) is 0 Å². The van der Waals surface area contributed by atoms with Crippen molar-refractivity contribution in [2.75, 3.05) is 31.5 Å². The first-order valence-corrected chi connectivity index (χ1v) is 9.74. The second-order valence-corrected chi connectivity index (χ2v) is 7.80. The van der Waals surface area contributed by atoms with Crippen LogP contribution < -0.4 is 16.0 Å². The summed E-state index contributed by atoms with van der Waals surface area (Å²) in [6.45, 7) is 9.26. The van der Waals surface area contributed by atoms with Crippen molar-refractivity contribution in [2.45, 2.75) is 45.8 Å². The fourth-order valence-electron chi connectivity index (χ4n) is 2.85. The minimum atomic E-state index is -0.545. The molecule has 10 heteroatoms. The molecule has 0 aliphatic carbocycles. The summed E-state index contributed by atoms with van der Waals surface area (Å²) in [5.41, 5.74) is -0.0317. The van der Waals surface area contributed by atoms with Crippen molar-refractivity contribution in [3.8, 4) is 0 Å². The van der Waals surface area contributed by atoms with E-state index in [1.807, 2.05) is 32.6 Å². The zero-order valence-corrected chi connectivity index (χ0v) is 20.2. The predicted octanol–water partition coefficient (Wildman–Crippen LogP) is 2.95. The zero-order chi connectivity index (χ0) is 21.4. The third kappa shape index (κ3) is 9.14. The normalized spacial score (nSPS) is 16.5. The molecule has 0 spiro atoms.